The third-order valence-corrected chi connectivity index (χ3v) is 3.66. The van der Waals surface area contributed by atoms with Crippen molar-refractivity contribution in [2.75, 3.05) is 19.8 Å². The van der Waals surface area contributed by atoms with Crippen molar-refractivity contribution in [3.63, 3.8) is 0 Å². The number of esters is 1. The summed E-state index contributed by atoms with van der Waals surface area (Å²) in [6.45, 7) is 12.3. The Hall–Kier alpha value is -0.610. The zero-order chi connectivity index (χ0) is 15.4. The van der Waals surface area contributed by atoms with Crippen LogP contribution in [0.2, 0.25) is 0 Å². The van der Waals surface area contributed by atoms with Gasteiger partial charge >= 0.3 is 5.97 Å². The van der Waals surface area contributed by atoms with E-state index in [4.69, 9.17) is 9.47 Å². The molecule has 0 radical (unpaired) electrons. The van der Waals surface area contributed by atoms with Crippen molar-refractivity contribution >= 4 is 5.97 Å². The Morgan fingerprint density at radius 1 is 1.20 bits per heavy atom. The van der Waals surface area contributed by atoms with Crippen molar-refractivity contribution in [1.82, 2.24) is 0 Å². The fraction of sp³-hybridized carbons (Fsp3) is 0.938. The zero-order valence-corrected chi connectivity index (χ0v) is 13.9. The van der Waals surface area contributed by atoms with E-state index < -0.39 is 0 Å². The lowest BCUT2D eigenvalue weighted by atomic mass is 9.97. The predicted molar refractivity (Wildman–Crippen MR) is 80.5 cm³/mol. The molecule has 20 heavy (non-hydrogen) atoms. The molecule has 120 valence electrons. The van der Waals surface area contributed by atoms with Crippen LogP contribution in [0, 0.1) is 5.92 Å². The minimum absolute atomic E-state index is 0.123. The molecular weight excluding hydrogens is 256 g/mol. The second-order valence-electron chi connectivity index (χ2n) is 5.17. The summed E-state index contributed by atoms with van der Waals surface area (Å²) in [4.78, 5) is 10.2. The molecule has 0 aromatic heterocycles. The molecule has 1 unspecified atom stereocenters. The Labute approximate surface area is 124 Å². The lowest BCUT2D eigenvalue weighted by molar-refractivity contribution is -0.166. The van der Waals surface area contributed by atoms with Gasteiger partial charge in [-0.1, -0.05) is 34.1 Å². The number of carbonyl (C=O) groups excluding carboxylic acids is 1. The summed E-state index contributed by atoms with van der Waals surface area (Å²) >= 11 is 0. The van der Waals surface area contributed by atoms with Crippen LogP contribution in [0.25, 0.3) is 0 Å². The molecule has 0 saturated carbocycles. The monoisotopic (exact) mass is 288 g/mol. The summed E-state index contributed by atoms with van der Waals surface area (Å²) in [5.74, 6) is 0.433. The van der Waals surface area contributed by atoms with E-state index in [1.165, 1.54) is 12.8 Å². The van der Waals surface area contributed by atoms with Gasteiger partial charge in [0, 0.05) is 12.8 Å². The molecule has 0 aromatic rings. The van der Waals surface area contributed by atoms with Crippen LogP contribution in [-0.2, 0) is 19.0 Å². The zero-order valence-electron chi connectivity index (χ0n) is 13.9. The standard InChI is InChI=1S/C11H22O2.C5H10O2/c1-4-10(3)6-7-11(5-2)12-8-9-13-11;1-3-5(6)7-4-2/h10H,4-9H2,1-3H3;3-4H2,1-2H3. The Kier molecular flexibility index (Phi) is 10.8. The van der Waals surface area contributed by atoms with Gasteiger partial charge in [-0.3, -0.25) is 4.79 Å². The number of ether oxygens (including phenoxy) is 3. The van der Waals surface area contributed by atoms with Crippen molar-refractivity contribution in [1.29, 1.82) is 0 Å². The van der Waals surface area contributed by atoms with Gasteiger partial charge in [-0.2, -0.15) is 0 Å². The SMILES string of the molecule is CCC(C)CCC1(CC)OCCO1.CCOC(=O)CC. The first-order valence-electron chi connectivity index (χ1n) is 7.97. The lowest BCUT2D eigenvalue weighted by Crippen LogP contribution is -2.29. The van der Waals surface area contributed by atoms with Crippen molar-refractivity contribution in [3.05, 3.63) is 0 Å². The molecular formula is C16H32O4. The van der Waals surface area contributed by atoms with Gasteiger partial charge in [-0.15, -0.1) is 0 Å². The molecule has 0 spiro atoms. The average molecular weight is 288 g/mol. The number of hydrogen-bond acceptors (Lipinski definition) is 4. The molecule has 4 nitrogen and oxygen atoms in total. The van der Waals surface area contributed by atoms with Crippen LogP contribution in [0.15, 0.2) is 0 Å². The molecule has 0 aliphatic carbocycles. The molecule has 1 saturated heterocycles. The Morgan fingerprint density at radius 3 is 2.15 bits per heavy atom. The van der Waals surface area contributed by atoms with Crippen LogP contribution in [-0.4, -0.2) is 31.6 Å². The highest BCUT2D eigenvalue weighted by atomic mass is 16.7. The van der Waals surface area contributed by atoms with Crippen LogP contribution in [0.3, 0.4) is 0 Å². The molecule has 1 rings (SSSR count). The van der Waals surface area contributed by atoms with Crippen LogP contribution in [0.1, 0.15) is 66.7 Å². The summed E-state index contributed by atoms with van der Waals surface area (Å²) in [5, 5.41) is 0. The van der Waals surface area contributed by atoms with Gasteiger partial charge in [0.15, 0.2) is 5.79 Å². The normalized spacial score (nSPS) is 18.1. The molecule has 4 heteroatoms. The number of carbonyl (C=O) groups is 1. The highest BCUT2D eigenvalue weighted by molar-refractivity contribution is 5.68. The first-order valence-corrected chi connectivity index (χ1v) is 7.97. The third kappa shape index (κ3) is 7.85. The largest absolute Gasteiger partial charge is 0.466 e. The van der Waals surface area contributed by atoms with E-state index in [0.717, 1.165) is 32.0 Å². The van der Waals surface area contributed by atoms with Crippen molar-refractivity contribution in [3.8, 4) is 0 Å². The van der Waals surface area contributed by atoms with Gasteiger partial charge in [-0.25, -0.2) is 0 Å². The van der Waals surface area contributed by atoms with E-state index in [-0.39, 0.29) is 11.8 Å². The summed E-state index contributed by atoms with van der Waals surface area (Å²) in [7, 11) is 0. The Bertz CT molecular complexity index is 247. The Morgan fingerprint density at radius 2 is 1.80 bits per heavy atom. The van der Waals surface area contributed by atoms with Gasteiger partial charge in [0.25, 0.3) is 0 Å². The van der Waals surface area contributed by atoms with Gasteiger partial charge < -0.3 is 14.2 Å². The van der Waals surface area contributed by atoms with Crippen molar-refractivity contribution < 1.29 is 19.0 Å². The molecule has 1 heterocycles. The molecule has 0 aromatic carbocycles. The quantitative estimate of drug-likeness (QED) is 0.666. The van der Waals surface area contributed by atoms with Crippen LogP contribution < -0.4 is 0 Å². The summed E-state index contributed by atoms with van der Waals surface area (Å²) < 4.78 is 15.9. The molecule has 0 amide bonds. The molecule has 1 fully saturated rings. The minimum Gasteiger partial charge on any atom is -0.466 e. The average Bonchev–Trinajstić information content (AvgIpc) is 2.95. The smallest absolute Gasteiger partial charge is 0.305 e. The maximum atomic E-state index is 10.2. The highest BCUT2D eigenvalue weighted by Crippen LogP contribution is 2.30. The van der Waals surface area contributed by atoms with Crippen LogP contribution in [0.5, 0.6) is 0 Å². The first kappa shape index (κ1) is 19.4. The van der Waals surface area contributed by atoms with E-state index in [1.807, 2.05) is 0 Å². The number of rotatable bonds is 7. The summed E-state index contributed by atoms with van der Waals surface area (Å²) in [6.07, 6.45) is 4.97. The van der Waals surface area contributed by atoms with E-state index in [9.17, 15) is 4.79 Å². The van der Waals surface area contributed by atoms with E-state index in [0.29, 0.717) is 13.0 Å². The van der Waals surface area contributed by atoms with Crippen LogP contribution >= 0.6 is 0 Å². The number of hydrogen-bond donors (Lipinski definition) is 0. The van der Waals surface area contributed by atoms with Crippen molar-refractivity contribution in [2.45, 2.75) is 72.5 Å². The lowest BCUT2D eigenvalue weighted by Gasteiger charge is -2.26. The third-order valence-electron chi connectivity index (χ3n) is 3.66. The van der Waals surface area contributed by atoms with E-state index in [2.05, 4.69) is 25.5 Å². The second kappa shape index (κ2) is 11.1. The topological polar surface area (TPSA) is 44.8 Å². The summed E-state index contributed by atoms with van der Waals surface area (Å²) in [5.41, 5.74) is 0. The van der Waals surface area contributed by atoms with Gasteiger partial charge in [-0.05, 0) is 25.7 Å². The van der Waals surface area contributed by atoms with Crippen molar-refractivity contribution in [2.24, 2.45) is 5.92 Å². The van der Waals surface area contributed by atoms with Crippen LogP contribution in [0.4, 0.5) is 0 Å². The fourth-order valence-electron chi connectivity index (χ4n) is 1.96. The predicted octanol–water partition coefficient (Wildman–Crippen LogP) is 3.93. The molecule has 0 N–H and O–H groups in total. The first-order chi connectivity index (χ1) is 9.53. The Balaban J connectivity index is 0.000000441. The van der Waals surface area contributed by atoms with Gasteiger partial charge in [0.2, 0.25) is 0 Å². The maximum absolute atomic E-state index is 10.2. The second-order valence-corrected chi connectivity index (χ2v) is 5.17. The fourth-order valence-corrected chi connectivity index (χ4v) is 1.96. The van der Waals surface area contributed by atoms with E-state index >= 15 is 0 Å². The molecule has 0 bridgehead atoms. The molecule has 1 aliphatic heterocycles. The van der Waals surface area contributed by atoms with Gasteiger partial charge in [0.1, 0.15) is 0 Å². The summed E-state index contributed by atoms with van der Waals surface area (Å²) in [6, 6.07) is 0. The molecule has 1 atom stereocenters. The molecule has 1 aliphatic rings. The van der Waals surface area contributed by atoms with Gasteiger partial charge in [0.05, 0.1) is 19.8 Å². The van der Waals surface area contributed by atoms with E-state index in [1.54, 1.807) is 13.8 Å². The highest BCUT2D eigenvalue weighted by Gasteiger charge is 2.34. The maximum Gasteiger partial charge on any atom is 0.305 e. The minimum atomic E-state index is -0.233.